The molecule has 1 amide bonds. The zero-order chi connectivity index (χ0) is 14.9. The normalized spacial score (nSPS) is 10.4. The molecule has 0 fully saturated rings. The average molecular weight is 358 g/mol. The number of carbonyl (C=O) groups excluding carboxylic acids is 1. The number of carbonyl (C=O) groups is 1. The topological polar surface area (TPSA) is 55.1 Å². The molecule has 0 aliphatic heterocycles. The molecule has 0 radical (unpaired) electrons. The minimum Gasteiger partial charge on any atom is -0.398 e. The van der Waals surface area contributed by atoms with Crippen LogP contribution in [0.1, 0.15) is 15.9 Å². The van der Waals surface area contributed by atoms with E-state index in [0.717, 1.165) is 6.07 Å². The van der Waals surface area contributed by atoms with Gasteiger partial charge in [0.15, 0.2) is 0 Å². The van der Waals surface area contributed by atoms with Gasteiger partial charge < -0.3 is 11.1 Å². The number of hydrogen-bond acceptors (Lipinski definition) is 2. The van der Waals surface area contributed by atoms with E-state index < -0.39 is 11.7 Å². The van der Waals surface area contributed by atoms with Crippen LogP contribution in [0.3, 0.4) is 0 Å². The van der Waals surface area contributed by atoms with Crippen LogP contribution in [0.25, 0.3) is 0 Å². The van der Waals surface area contributed by atoms with Crippen molar-refractivity contribution in [3.8, 4) is 0 Å². The summed E-state index contributed by atoms with van der Waals surface area (Å²) in [6, 6.07) is 7.13. The van der Waals surface area contributed by atoms with Gasteiger partial charge in [0, 0.05) is 15.7 Å². The Morgan fingerprint density at radius 3 is 2.75 bits per heavy atom. The van der Waals surface area contributed by atoms with Crippen molar-refractivity contribution in [3.63, 3.8) is 0 Å². The summed E-state index contributed by atoms with van der Waals surface area (Å²) in [6.45, 7) is 1.74. The molecular weight excluding hydrogens is 347 g/mol. The molecule has 0 aliphatic carbocycles. The number of halogens is 3. The molecule has 0 aromatic heterocycles. The summed E-state index contributed by atoms with van der Waals surface area (Å²) in [5, 5.41) is 2.84. The molecule has 0 aliphatic rings. The van der Waals surface area contributed by atoms with Crippen LogP contribution in [-0.2, 0) is 0 Å². The quantitative estimate of drug-likeness (QED) is 0.783. The zero-order valence-corrected chi connectivity index (χ0v) is 12.8. The molecular formula is C14H11BrClFN2O. The fourth-order valence-corrected chi connectivity index (χ4v) is 2.36. The highest BCUT2D eigenvalue weighted by molar-refractivity contribution is 9.10. The first-order chi connectivity index (χ1) is 9.38. The van der Waals surface area contributed by atoms with Crippen molar-refractivity contribution in [3.05, 3.63) is 56.8 Å². The van der Waals surface area contributed by atoms with Crippen molar-refractivity contribution in [1.82, 2.24) is 0 Å². The molecule has 0 unspecified atom stereocenters. The fourth-order valence-electron chi connectivity index (χ4n) is 1.72. The monoisotopic (exact) mass is 356 g/mol. The van der Waals surface area contributed by atoms with Crippen molar-refractivity contribution in [2.75, 3.05) is 11.1 Å². The number of anilines is 2. The number of nitrogens with two attached hydrogens (primary N) is 1. The Morgan fingerprint density at radius 2 is 2.05 bits per heavy atom. The van der Waals surface area contributed by atoms with E-state index in [4.69, 9.17) is 17.3 Å². The summed E-state index contributed by atoms with van der Waals surface area (Å²) in [7, 11) is 0. The first-order valence-electron chi connectivity index (χ1n) is 5.70. The highest BCUT2D eigenvalue weighted by Gasteiger charge is 2.14. The summed E-state index contributed by atoms with van der Waals surface area (Å²) in [5.74, 6) is -0.877. The van der Waals surface area contributed by atoms with Crippen LogP contribution in [0.15, 0.2) is 34.8 Å². The van der Waals surface area contributed by atoms with Crippen molar-refractivity contribution < 1.29 is 9.18 Å². The lowest BCUT2D eigenvalue weighted by Gasteiger charge is -2.11. The van der Waals surface area contributed by atoms with Crippen molar-refractivity contribution in [2.45, 2.75) is 6.92 Å². The molecule has 0 saturated heterocycles. The Bertz CT molecular complexity index is 691. The Morgan fingerprint density at radius 1 is 1.35 bits per heavy atom. The molecule has 2 rings (SSSR count). The van der Waals surface area contributed by atoms with Gasteiger partial charge in [0.25, 0.3) is 5.91 Å². The number of amides is 1. The molecule has 0 saturated carbocycles. The summed E-state index contributed by atoms with van der Waals surface area (Å²) >= 11 is 9.20. The maximum Gasteiger partial charge on any atom is 0.256 e. The average Bonchev–Trinajstić information content (AvgIpc) is 2.38. The number of nitrogen functional groups attached to an aromatic ring is 1. The highest BCUT2D eigenvalue weighted by Crippen LogP contribution is 2.26. The smallest absolute Gasteiger partial charge is 0.256 e. The van der Waals surface area contributed by atoms with Crippen LogP contribution in [0.5, 0.6) is 0 Å². The number of rotatable bonds is 2. The lowest BCUT2D eigenvalue weighted by molar-refractivity contribution is 0.102. The van der Waals surface area contributed by atoms with Gasteiger partial charge in [0.05, 0.1) is 10.7 Å². The third-order valence-corrected chi connectivity index (χ3v) is 3.62. The lowest BCUT2D eigenvalue weighted by atomic mass is 10.1. The lowest BCUT2D eigenvalue weighted by Crippen LogP contribution is -2.14. The zero-order valence-electron chi connectivity index (χ0n) is 10.5. The predicted molar refractivity (Wildman–Crippen MR) is 82.7 cm³/mol. The van der Waals surface area contributed by atoms with Gasteiger partial charge in [-0.2, -0.15) is 0 Å². The van der Waals surface area contributed by atoms with Gasteiger partial charge in [-0.25, -0.2) is 4.39 Å². The summed E-state index contributed by atoms with van der Waals surface area (Å²) in [6.07, 6.45) is 0. The second kappa shape index (κ2) is 5.81. The summed E-state index contributed by atoms with van der Waals surface area (Å²) < 4.78 is 13.9. The van der Waals surface area contributed by atoms with E-state index in [1.54, 1.807) is 19.1 Å². The largest absolute Gasteiger partial charge is 0.398 e. The SMILES string of the molecule is Cc1c(N)cc(Br)cc1C(=O)Nc1cc(F)ccc1Cl. The van der Waals surface area contributed by atoms with Crippen LogP contribution in [0.4, 0.5) is 15.8 Å². The van der Waals surface area contributed by atoms with Crippen LogP contribution < -0.4 is 11.1 Å². The van der Waals surface area contributed by atoms with Crippen molar-refractivity contribution in [1.29, 1.82) is 0 Å². The Kier molecular flexibility index (Phi) is 4.30. The van der Waals surface area contributed by atoms with E-state index in [0.29, 0.717) is 21.3 Å². The summed E-state index contributed by atoms with van der Waals surface area (Å²) in [4.78, 5) is 12.2. The maximum atomic E-state index is 13.2. The fraction of sp³-hybridized carbons (Fsp3) is 0.0714. The standard InChI is InChI=1S/C14H11BrClFN2O/c1-7-10(4-8(15)5-12(7)18)14(20)19-13-6-9(17)2-3-11(13)16/h2-6H,18H2,1H3,(H,19,20). The van der Waals surface area contributed by atoms with Gasteiger partial charge >= 0.3 is 0 Å². The Balaban J connectivity index is 2.35. The van der Waals surface area contributed by atoms with E-state index >= 15 is 0 Å². The van der Waals surface area contributed by atoms with Crippen LogP contribution in [-0.4, -0.2) is 5.91 Å². The summed E-state index contributed by atoms with van der Waals surface area (Å²) in [5.41, 5.74) is 7.57. The van der Waals surface area contributed by atoms with E-state index in [9.17, 15) is 9.18 Å². The van der Waals surface area contributed by atoms with Gasteiger partial charge in [-0.3, -0.25) is 4.79 Å². The molecule has 3 N–H and O–H groups in total. The molecule has 3 nitrogen and oxygen atoms in total. The minimum atomic E-state index is -0.477. The molecule has 0 spiro atoms. The number of hydrogen-bond donors (Lipinski definition) is 2. The Hall–Kier alpha value is -1.59. The maximum absolute atomic E-state index is 13.2. The van der Waals surface area contributed by atoms with E-state index in [2.05, 4.69) is 21.2 Å². The van der Waals surface area contributed by atoms with Crippen molar-refractivity contribution >= 4 is 44.8 Å². The molecule has 104 valence electrons. The second-order valence-corrected chi connectivity index (χ2v) is 5.57. The van der Waals surface area contributed by atoms with E-state index in [1.807, 2.05) is 0 Å². The number of nitrogens with one attached hydrogen (secondary N) is 1. The van der Waals surface area contributed by atoms with E-state index in [1.165, 1.54) is 12.1 Å². The molecule has 20 heavy (non-hydrogen) atoms. The van der Waals surface area contributed by atoms with Gasteiger partial charge in [0.2, 0.25) is 0 Å². The third kappa shape index (κ3) is 3.11. The molecule has 0 bridgehead atoms. The second-order valence-electron chi connectivity index (χ2n) is 4.25. The number of benzene rings is 2. The van der Waals surface area contributed by atoms with Gasteiger partial charge in [-0.05, 0) is 42.8 Å². The first-order valence-corrected chi connectivity index (χ1v) is 6.87. The highest BCUT2D eigenvalue weighted by atomic mass is 79.9. The van der Waals surface area contributed by atoms with Crippen molar-refractivity contribution in [2.24, 2.45) is 0 Å². The molecule has 6 heteroatoms. The van der Waals surface area contributed by atoms with Crippen LogP contribution >= 0.6 is 27.5 Å². The van der Waals surface area contributed by atoms with Gasteiger partial charge in [-0.1, -0.05) is 27.5 Å². The van der Waals surface area contributed by atoms with Crippen LogP contribution in [0, 0.1) is 12.7 Å². The molecule has 0 atom stereocenters. The van der Waals surface area contributed by atoms with E-state index in [-0.39, 0.29) is 10.7 Å². The van der Waals surface area contributed by atoms with Gasteiger partial charge in [-0.15, -0.1) is 0 Å². The third-order valence-electron chi connectivity index (χ3n) is 2.83. The van der Waals surface area contributed by atoms with Gasteiger partial charge in [0.1, 0.15) is 5.82 Å². The predicted octanol–water partition coefficient (Wildman–Crippen LogP) is 4.38. The van der Waals surface area contributed by atoms with Crippen LogP contribution in [0.2, 0.25) is 5.02 Å². The molecule has 2 aromatic rings. The molecule has 2 aromatic carbocycles. The molecule has 0 heterocycles. The minimum absolute atomic E-state index is 0.217. The Labute approximate surface area is 129 Å². The first kappa shape index (κ1) is 14.8.